The standard InChI is InChI=1S/C12H16ClN3/c13-10-7-11(14-9-3-1-2-4-9)16-12(15-10)8-5-6-8/h7-9H,1-6H2,(H,14,15,16). The van der Waals surface area contributed by atoms with E-state index in [0.29, 0.717) is 17.1 Å². The maximum Gasteiger partial charge on any atom is 0.135 e. The number of aromatic nitrogens is 2. The van der Waals surface area contributed by atoms with Gasteiger partial charge in [0.1, 0.15) is 16.8 Å². The fourth-order valence-electron chi connectivity index (χ4n) is 2.31. The number of nitrogens with one attached hydrogen (secondary N) is 1. The highest BCUT2D eigenvalue weighted by Gasteiger charge is 2.27. The summed E-state index contributed by atoms with van der Waals surface area (Å²) in [7, 11) is 0. The van der Waals surface area contributed by atoms with Gasteiger partial charge in [-0.25, -0.2) is 9.97 Å². The molecule has 0 amide bonds. The Morgan fingerprint density at radius 1 is 1.12 bits per heavy atom. The number of rotatable bonds is 3. The summed E-state index contributed by atoms with van der Waals surface area (Å²) >= 11 is 6.02. The van der Waals surface area contributed by atoms with Crippen molar-refractivity contribution in [1.82, 2.24) is 9.97 Å². The molecule has 2 saturated carbocycles. The van der Waals surface area contributed by atoms with Crippen molar-refractivity contribution in [2.75, 3.05) is 5.32 Å². The lowest BCUT2D eigenvalue weighted by atomic mass is 10.2. The Hall–Kier alpha value is -0.830. The minimum Gasteiger partial charge on any atom is -0.367 e. The Balaban J connectivity index is 1.76. The quantitative estimate of drug-likeness (QED) is 0.820. The van der Waals surface area contributed by atoms with Gasteiger partial charge in [0.25, 0.3) is 0 Å². The number of nitrogens with zero attached hydrogens (tertiary/aromatic N) is 2. The molecule has 2 aliphatic carbocycles. The van der Waals surface area contributed by atoms with Crippen molar-refractivity contribution in [1.29, 1.82) is 0 Å². The first-order valence-electron chi connectivity index (χ1n) is 6.12. The molecule has 4 heteroatoms. The molecule has 16 heavy (non-hydrogen) atoms. The van der Waals surface area contributed by atoms with Crippen molar-refractivity contribution in [3.05, 3.63) is 17.0 Å². The van der Waals surface area contributed by atoms with E-state index in [0.717, 1.165) is 11.6 Å². The Morgan fingerprint density at radius 2 is 1.88 bits per heavy atom. The van der Waals surface area contributed by atoms with Crippen LogP contribution in [0.5, 0.6) is 0 Å². The van der Waals surface area contributed by atoms with Crippen molar-refractivity contribution in [2.45, 2.75) is 50.5 Å². The lowest BCUT2D eigenvalue weighted by Crippen LogP contribution is -2.16. The molecule has 3 rings (SSSR count). The minimum atomic E-state index is 0.558. The number of hydrogen-bond donors (Lipinski definition) is 1. The Labute approximate surface area is 101 Å². The molecule has 1 N–H and O–H groups in total. The molecule has 1 heterocycles. The predicted molar refractivity (Wildman–Crippen MR) is 64.9 cm³/mol. The summed E-state index contributed by atoms with van der Waals surface area (Å²) in [6, 6.07) is 2.42. The van der Waals surface area contributed by atoms with Gasteiger partial charge in [0.2, 0.25) is 0 Å². The highest BCUT2D eigenvalue weighted by molar-refractivity contribution is 6.29. The van der Waals surface area contributed by atoms with Crippen LogP contribution in [0.15, 0.2) is 6.07 Å². The fraction of sp³-hybridized carbons (Fsp3) is 0.667. The molecule has 1 aromatic rings. The second-order valence-electron chi connectivity index (χ2n) is 4.83. The summed E-state index contributed by atoms with van der Waals surface area (Å²) in [6.45, 7) is 0. The van der Waals surface area contributed by atoms with Gasteiger partial charge in [-0.3, -0.25) is 0 Å². The summed E-state index contributed by atoms with van der Waals surface area (Å²) < 4.78 is 0. The monoisotopic (exact) mass is 237 g/mol. The van der Waals surface area contributed by atoms with E-state index in [2.05, 4.69) is 15.3 Å². The molecule has 0 unspecified atom stereocenters. The van der Waals surface area contributed by atoms with Gasteiger partial charge >= 0.3 is 0 Å². The van der Waals surface area contributed by atoms with Gasteiger partial charge in [0.15, 0.2) is 0 Å². The van der Waals surface area contributed by atoms with Crippen molar-refractivity contribution in [3.8, 4) is 0 Å². The topological polar surface area (TPSA) is 37.8 Å². The van der Waals surface area contributed by atoms with Crippen LogP contribution in [-0.4, -0.2) is 16.0 Å². The van der Waals surface area contributed by atoms with Crippen LogP contribution < -0.4 is 5.32 Å². The van der Waals surface area contributed by atoms with Gasteiger partial charge in [-0.15, -0.1) is 0 Å². The van der Waals surface area contributed by atoms with Gasteiger partial charge in [-0.1, -0.05) is 24.4 Å². The van der Waals surface area contributed by atoms with Crippen LogP contribution in [0.1, 0.15) is 50.3 Å². The Kier molecular flexibility index (Phi) is 2.72. The molecule has 0 atom stereocenters. The average Bonchev–Trinajstić information content (AvgIpc) is 2.98. The van der Waals surface area contributed by atoms with E-state index >= 15 is 0 Å². The Morgan fingerprint density at radius 3 is 2.56 bits per heavy atom. The van der Waals surface area contributed by atoms with Gasteiger partial charge in [0.05, 0.1) is 0 Å². The predicted octanol–water partition coefficient (Wildman–Crippen LogP) is 3.36. The third-order valence-electron chi connectivity index (χ3n) is 3.36. The summed E-state index contributed by atoms with van der Waals surface area (Å²) in [6.07, 6.45) is 7.57. The first kappa shape index (κ1) is 10.3. The van der Waals surface area contributed by atoms with Crippen LogP contribution in [0.4, 0.5) is 5.82 Å². The van der Waals surface area contributed by atoms with Gasteiger partial charge in [0, 0.05) is 18.0 Å². The molecule has 2 aliphatic rings. The molecular weight excluding hydrogens is 222 g/mol. The Bertz CT molecular complexity index is 384. The zero-order valence-electron chi connectivity index (χ0n) is 9.25. The molecule has 0 bridgehead atoms. The summed E-state index contributed by atoms with van der Waals surface area (Å²) in [5, 5.41) is 4.04. The van der Waals surface area contributed by atoms with Crippen molar-refractivity contribution in [3.63, 3.8) is 0 Å². The van der Waals surface area contributed by atoms with E-state index in [4.69, 9.17) is 11.6 Å². The lowest BCUT2D eigenvalue weighted by molar-refractivity contribution is 0.746. The molecule has 3 nitrogen and oxygen atoms in total. The summed E-state index contributed by atoms with van der Waals surface area (Å²) in [5.41, 5.74) is 0. The largest absolute Gasteiger partial charge is 0.367 e. The van der Waals surface area contributed by atoms with E-state index in [1.165, 1.54) is 38.5 Å². The molecule has 0 spiro atoms. The number of hydrogen-bond acceptors (Lipinski definition) is 3. The van der Waals surface area contributed by atoms with E-state index in [-0.39, 0.29) is 0 Å². The van der Waals surface area contributed by atoms with Crippen LogP contribution in [0.25, 0.3) is 0 Å². The second-order valence-corrected chi connectivity index (χ2v) is 5.22. The highest BCUT2D eigenvalue weighted by Crippen LogP contribution is 2.38. The van der Waals surface area contributed by atoms with E-state index in [1.54, 1.807) is 0 Å². The molecule has 1 aromatic heterocycles. The summed E-state index contributed by atoms with van der Waals surface area (Å²) in [4.78, 5) is 8.84. The smallest absolute Gasteiger partial charge is 0.135 e. The molecular formula is C12H16ClN3. The maximum absolute atomic E-state index is 6.02. The molecule has 86 valence electrons. The van der Waals surface area contributed by atoms with Crippen molar-refractivity contribution in [2.24, 2.45) is 0 Å². The van der Waals surface area contributed by atoms with E-state index < -0.39 is 0 Å². The van der Waals surface area contributed by atoms with Crippen molar-refractivity contribution >= 4 is 17.4 Å². The first-order valence-corrected chi connectivity index (χ1v) is 6.50. The second kappa shape index (κ2) is 4.21. The van der Waals surface area contributed by atoms with Crippen molar-refractivity contribution < 1.29 is 0 Å². The number of halogens is 1. The average molecular weight is 238 g/mol. The molecule has 0 aromatic carbocycles. The van der Waals surface area contributed by atoms with E-state index in [9.17, 15) is 0 Å². The van der Waals surface area contributed by atoms with Crippen LogP contribution in [0.2, 0.25) is 5.15 Å². The molecule has 0 saturated heterocycles. The third kappa shape index (κ3) is 2.29. The van der Waals surface area contributed by atoms with Crippen LogP contribution in [-0.2, 0) is 0 Å². The molecule has 0 aliphatic heterocycles. The number of anilines is 1. The minimum absolute atomic E-state index is 0.558. The van der Waals surface area contributed by atoms with Gasteiger partial charge < -0.3 is 5.32 Å². The fourth-order valence-corrected chi connectivity index (χ4v) is 2.50. The van der Waals surface area contributed by atoms with Crippen LogP contribution >= 0.6 is 11.6 Å². The first-order chi connectivity index (χ1) is 7.81. The zero-order valence-corrected chi connectivity index (χ0v) is 10.0. The molecule has 2 fully saturated rings. The summed E-state index contributed by atoms with van der Waals surface area (Å²) in [5.74, 6) is 2.39. The normalized spacial score (nSPS) is 21.3. The van der Waals surface area contributed by atoms with Gasteiger partial charge in [-0.2, -0.15) is 0 Å². The SMILES string of the molecule is Clc1cc(NC2CCCC2)nc(C2CC2)n1. The maximum atomic E-state index is 6.02. The van der Waals surface area contributed by atoms with E-state index in [1.807, 2.05) is 6.07 Å². The zero-order chi connectivity index (χ0) is 11.0. The molecule has 0 radical (unpaired) electrons. The van der Waals surface area contributed by atoms with Crippen LogP contribution in [0, 0.1) is 0 Å². The van der Waals surface area contributed by atoms with Gasteiger partial charge in [-0.05, 0) is 25.7 Å². The third-order valence-corrected chi connectivity index (χ3v) is 3.56. The van der Waals surface area contributed by atoms with Crippen LogP contribution in [0.3, 0.4) is 0 Å². The highest BCUT2D eigenvalue weighted by atomic mass is 35.5. The lowest BCUT2D eigenvalue weighted by Gasteiger charge is -2.13.